The van der Waals surface area contributed by atoms with Crippen LogP contribution in [0.25, 0.3) is 0 Å². The zero-order valence-corrected chi connectivity index (χ0v) is 15.8. The summed E-state index contributed by atoms with van der Waals surface area (Å²) in [4.78, 5) is 42.0. The van der Waals surface area contributed by atoms with Crippen molar-refractivity contribution in [1.82, 2.24) is 20.0 Å². The molecule has 1 aromatic carbocycles. The van der Waals surface area contributed by atoms with E-state index in [9.17, 15) is 14.4 Å². The van der Waals surface area contributed by atoms with Gasteiger partial charge in [-0.05, 0) is 31.2 Å². The SMILES string of the molecule is CCN1C[C@@H](NC(=O)N2CCN(C(=O)c3ccc(OC)cc3)CC2)CC1=O. The third-order valence-electron chi connectivity index (χ3n) is 5.11. The van der Waals surface area contributed by atoms with E-state index in [1.807, 2.05) is 6.92 Å². The molecule has 8 nitrogen and oxygen atoms in total. The molecule has 2 heterocycles. The lowest BCUT2D eigenvalue weighted by atomic mass is 10.1. The minimum absolute atomic E-state index is 0.0438. The number of ether oxygens (including phenoxy) is 1. The fourth-order valence-electron chi connectivity index (χ4n) is 3.47. The fraction of sp³-hybridized carbons (Fsp3) is 0.526. The molecular weight excluding hydrogens is 348 g/mol. The number of methoxy groups -OCH3 is 1. The van der Waals surface area contributed by atoms with Gasteiger partial charge < -0.3 is 24.8 Å². The summed E-state index contributed by atoms with van der Waals surface area (Å²) in [7, 11) is 1.59. The van der Waals surface area contributed by atoms with Gasteiger partial charge in [-0.1, -0.05) is 0 Å². The van der Waals surface area contributed by atoms with Crippen molar-refractivity contribution in [2.24, 2.45) is 0 Å². The second-order valence-electron chi connectivity index (χ2n) is 6.79. The number of nitrogens with one attached hydrogen (secondary N) is 1. The normalized spacial score (nSPS) is 20.0. The van der Waals surface area contributed by atoms with Crippen LogP contribution in [0.5, 0.6) is 5.75 Å². The summed E-state index contributed by atoms with van der Waals surface area (Å²) in [6.07, 6.45) is 0.357. The van der Waals surface area contributed by atoms with E-state index >= 15 is 0 Å². The molecule has 0 saturated carbocycles. The van der Waals surface area contributed by atoms with Gasteiger partial charge in [-0.2, -0.15) is 0 Å². The van der Waals surface area contributed by atoms with E-state index in [0.29, 0.717) is 57.0 Å². The summed E-state index contributed by atoms with van der Waals surface area (Å²) < 4.78 is 5.11. The molecule has 0 aromatic heterocycles. The number of rotatable bonds is 4. The van der Waals surface area contributed by atoms with E-state index < -0.39 is 0 Å². The van der Waals surface area contributed by atoms with Crippen LogP contribution in [0.2, 0.25) is 0 Å². The summed E-state index contributed by atoms with van der Waals surface area (Å²) in [5.74, 6) is 0.746. The number of hydrogen-bond donors (Lipinski definition) is 1. The number of amides is 4. The van der Waals surface area contributed by atoms with E-state index in [0.717, 1.165) is 0 Å². The van der Waals surface area contributed by atoms with Crippen LogP contribution in [-0.4, -0.2) is 85.0 Å². The zero-order chi connectivity index (χ0) is 19.4. The largest absolute Gasteiger partial charge is 0.497 e. The topological polar surface area (TPSA) is 82.2 Å². The van der Waals surface area contributed by atoms with Gasteiger partial charge in [0.1, 0.15) is 5.75 Å². The smallest absolute Gasteiger partial charge is 0.317 e. The Kier molecular flexibility index (Phi) is 5.83. The minimum Gasteiger partial charge on any atom is -0.497 e. The van der Waals surface area contributed by atoms with Crippen molar-refractivity contribution in [2.75, 3.05) is 46.4 Å². The van der Waals surface area contributed by atoms with Crippen LogP contribution in [0.3, 0.4) is 0 Å². The summed E-state index contributed by atoms with van der Waals surface area (Å²) in [5.41, 5.74) is 0.609. The van der Waals surface area contributed by atoms with Crippen LogP contribution in [0.15, 0.2) is 24.3 Å². The van der Waals surface area contributed by atoms with Crippen LogP contribution < -0.4 is 10.1 Å². The van der Waals surface area contributed by atoms with Crippen molar-refractivity contribution >= 4 is 17.8 Å². The molecule has 4 amide bonds. The first-order chi connectivity index (χ1) is 13.0. The molecule has 1 aromatic rings. The Morgan fingerprint density at radius 3 is 2.30 bits per heavy atom. The lowest BCUT2D eigenvalue weighted by molar-refractivity contribution is -0.127. The standard InChI is InChI=1S/C19H26N4O4/c1-3-21-13-15(12-17(21)24)20-19(26)23-10-8-22(9-11-23)18(25)14-4-6-16(27-2)7-5-14/h4-7,15H,3,8-13H2,1-2H3,(H,20,26)/t15-/m0/s1. The van der Waals surface area contributed by atoms with Crippen molar-refractivity contribution < 1.29 is 19.1 Å². The average Bonchev–Trinajstić information content (AvgIpc) is 3.06. The maximum atomic E-state index is 12.6. The van der Waals surface area contributed by atoms with Crippen molar-refractivity contribution in [2.45, 2.75) is 19.4 Å². The average molecular weight is 374 g/mol. The van der Waals surface area contributed by atoms with E-state index in [1.165, 1.54) is 0 Å². The number of hydrogen-bond acceptors (Lipinski definition) is 4. The van der Waals surface area contributed by atoms with Crippen LogP contribution in [0.1, 0.15) is 23.7 Å². The van der Waals surface area contributed by atoms with Crippen molar-refractivity contribution in [1.29, 1.82) is 0 Å². The number of likely N-dealkylation sites (tertiary alicyclic amines) is 1. The Hall–Kier alpha value is -2.77. The van der Waals surface area contributed by atoms with Gasteiger partial charge in [0.2, 0.25) is 5.91 Å². The summed E-state index contributed by atoms with van der Waals surface area (Å²) >= 11 is 0. The molecule has 1 atom stereocenters. The number of piperazine rings is 1. The zero-order valence-electron chi connectivity index (χ0n) is 15.8. The molecule has 2 aliphatic rings. The molecule has 8 heteroatoms. The maximum absolute atomic E-state index is 12.6. The van der Waals surface area contributed by atoms with Gasteiger partial charge in [0, 0.05) is 51.3 Å². The van der Waals surface area contributed by atoms with Gasteiger partial charge in [0.15, 0.2) is 0 Å². The highest BCUT2D eigenvalue weighted by Gasteiger charge is 2.31. The predicted octanol–water partition coefficient (Wildman–Crippen LogP) is 0.783. The van der Waals surface area contributed by atoms with Gasteiger partial charge in [-0.25, -0.2) is 4.79 Å². The molecule has 0 radical (unpaired) electrons. The van der Waals surface area contributed by atoms with E-state index in [1.54, 1.807) is 46.1 Å². The van der Waals surface area contributed by atoms with Crippen LogP contribution in [0.4, 0.5) is 4.79 Å². The first kappa shape index (κ1) is 19.0. The lowest BCUT2D eigenvalue weighted by Crippen LogP contribution is -2.54. The molecule has 0 unspecified atom stereocenters. The quantitative estimate of drug-likeness (QED) is 0.845. The molecule has 2 fully saturated rings. The molecular formula is C19H26N4O4. The van der Waals surface area contributed by atoms with Crippen molar-refractivity contribution in [3.05, 3.63) is 29.8 Å². The number of benzene rings is 1. The number of urea groups is 1. The molecule has 0 aliphatic carbocycles. The second kappa shape index (κ2) is 8.28. The Balaban J connectivity index is 1.48. The highest BCUT2D eigenvalue weighted by atomic mass is 16.5. The first-order valence-electron chi connectivity index (χ1n) is 9.28. The molecule has 2 aliphatic heterocycles. The van der Waals surface area contributed by atoms with Crippen LogP contribution in [-0.2, 0) is 4.79 Å². The van der Waals surface area contributed by atoms with Gasteiger partial charge >= 0.3 is 6.03 Å². The van der Waals surface area contributed by atoms with E-state index in [-0.39, 0.29) is 23.9 Å². The van der Waals surface area contributed by atoms with Gasteiger partial charge in [0.25, 0.3) is 5.91 Å². The van der Waals surface area contributed by atoms with E-state index in [2.05, 4.69) is 5.32 Å². The van der Waals surface area contributed by atoms with Crippen LogP contribution >= 0.6 is 0 Å². The highest BCUT2D eigenvalue weighted by molar-refractivity contribution is 5.94. The third kappa shape index (κ3) is 4.32. The van der Waals surface area contributed by atoms with Crippen molar-refractivity contribution in [3.8, 4) is 5.75 Å². The predicted molar refractivity (Wildman–Crippen MR) is 99.7 cm³/mol. The number of carbonyl (C=O) groups is 3. The summed E-state index contributed by atoms with van der Waals surface area (Å²) in [6.45, 7) is 5.10. The molecule has 2 saturated heterocycles. The number of carbonyl (C=O) groups excluding carboxylic acids is 3. The van der Waals surface area contributed by atoms with Crippen LogP contribution in [0, 0.1) is 0 Å². The molecule has 3 rings (SSSR count). The maximum Gasteiger partial charge on any atom is 0.317 e. The lowest BCUT2D eigenvalue weighted by Gasteiger charge is -2.35. The Morgan fingerprint density at radius 2 is 1.74 bits per heavy atom. The van der Waals surface area contributed by atoms with Gasteiger partial charge in [0.05, 0.1) is 13.2 Å². The molecule has 0 bridgehead atoms. The fourth-order valence-corrected chi connectivity index (χ4v) is 3.47. The van der Waals surface area contributed by atoms with Gasteiger partial charge in [-0.3, -0.25) is 9.59 Å². The number of nitrogens with zero attached hydrogens (tertiary/aromatic N) is 3. The first-order valence-corrected chi connectivity index (χ1v) is 9.28. The molecule has 0 spiro atoms. The Labute approximate surface area is 159 Å². The Bertz CT molecular complexity index is 698. The van der Waals surface area contributed by atoms with E-state index in [4.69, 9.17) is 4.74 Å². The number of likely N-dealkylation sites (N-methyl/N-ethyl adjacent to an activating group) is 1. The van der Waals surface area contributed by atoms with Gasteiger partial charge in [-0.15, -0.1) is 0 Å². The second-order valence-corrected chi connectivity index (χ2v) is 6.79. The Morgan fingerprint density at radius 1 is 1.11 bits per heavy atom. The monoisotopic (exact) mass is 374 g/mol. The molecule has 27 heavy (non-hydrogen) atoms. The summed E-state index contributed by atoms with van der Waals surface area (Å²) in [5, 5.41) is 2.94. The highest BCUT2D eigenvalue weighted by Crippen LogP contribution is 2.15. The minimum atomic E-state index is -0.165. The third-order valence-corrected chi connectivity index (χ3v) is 5.11. The summed E-state index contributed by atoms with van der Waals surface area (Å²) in [6, 6.07) is 6.72. The molecule has 1 N–H and O–H groups in total. The molecule has 146 valence electrons. The van der Waals surface area contributed by atoms with Crippen molar-refractivity contribution in [3.63, 3.8) is 0 Å².